The van der Waals surface area contributed by atoms with Crippen LogP contribution in [0.1, 0.15) is 25.8 Å². The number of hydrogen-bond acceptors (Lipinski definition) is 4. The topological polar surface area (TPSA) is 49.9 Å². The fourth-order valence-electron chi connectivity index (χ4n) is 2.79. The van der Waals surface area contributed by atoms with E-state index in [-0.39, 0.29) is 0 Å². The van der Waals surface area contributed by atoms with Crippen LogP contribution in [0.3, 0.4) is 0 Å². The Morgan fingerprint density at radius 1 is 1.17 bits per heavy atom. The third-order valence-corrected chi connectivity index (χ3v) is 6.25. The van der Waals surface area contributed by atoms with Gasteiger partial charge >= 0.3 is 0 Å². The second-order valence-electron chi connectivity index (χ2n) is 6.56. The molecule has 0 saturated carbocycles. The molecule has 1 aromatic carbocycles. The lowest BCUT2D eigenvalue weighted by atomic mass is 10.1. The second-order valence-corrected chi connectivity index (χ2v) is 8.50. The van der Waals surface area contributed by atoms with Gasteiger partial charge in [-0.05, 0) is 49.6 Å². The van der Waals surface area contributed by atoms with Crippen molar-refractivity contribution >= 4 is 10.0 Å². The molecule has 0 radical (unpaired) electrons. The van der Waals surface area contributed by atoms with Crippen LogP contribution in [0.2, 0.25) is 0 Å². The molecule has 0 atom stereocenters. The van der Waals surface area contributed by atoms with Gasteiger partial charge in [0.05, 0.1) is 12.0 Å². The van der Waals surface area contributed by atoms with Gasteiger partial charge in [-0.1, -0.05) is 13.8 Å². The quantitative estimate of drug-likeness (QED) is 0.798. The van der Waals surface area contributed by atoms with Crippen molar-refractivity contribution in [3.63, 3.8) is 0 Å². The molecule has 0 aromatic heterocycles. The normalized spacial score (nSPS) is 17.6. The van der Waals surface area contributed by atoms with Crippen molar-refractivity contribution in [2.24, 2.45) is 5.92 Å². The SMILES string of the molecule is COc1ccc(S(=O)(=O)N2CCN(CCC(C)C)CC2)cc1C. The first-order valence-corrected chi connectivity index (χ1v) is 9.65. The highest BCUT2D eigenvalue weighted by atomic mass is 32.2. The van der Waals surface area contributed by atoms with Crippen LogP contribution >= 0.6 is 0 Å². The van der Waals surface area contributed by atoms with Crippen LogP contribution in [0.4, 0.5) is 0 Å². The van der Waals surface area contributed by atoms with E-state index in [1.807, 2.05) is 6.92 Å². The molecular formula is C17H28N2O3S. The van der Waals surface area contributed by atoms with Gasteiger partial charge in [-0.2, -0.15) is 4.31 Å². The summed E-state index contributed by atoms with van der Waals surface area (Å²) in [5.41, 5.74) is 0.837. The molecule has 1 aromatic rings. The maximum Gasteiger partial charge on any atom is 0.243 e. The second kappa shape index (κ2) is 7.64. The number of aryl methyl sites for hydroxylation is 1. The molecule has 1 saturated heterocycles. The zero-order valence-corrected chi connectivity index (χ0v) is 15.4. The van der Waals surface area contributed by atoms with Crippen LogP contribution in [0, 0.1) is 12.8 Å². The summed E-state index contributed by atoms with van der Waals surface area (Å²) in [5.74, 6) is 1.39. The molecule has 0 spiro atoms. The number of hydrogen-bond donors (Lipinski definition) is 0. The highest BCUT2D eigenvalue weighted by molar-refractivity contribution is 7.89. The van der Waals surface area contributed by atoms with E-state index < -0.39 is 10.0 Å². The van der Waals surface area contributed by atoms with Crippen molar-refractivity contribution in [2.75, 3.05) is 39.8 Å². The maximum atomic E-state index is 12.8. The lowest BCUT2D eigenvalue weighted by molar-refractivity contribution is 0.180. The summed E-state index contributed by atoms with van der Waals surface area (Å²) in [6.45, 7) is 10.1. The van der Waals surface area contributed by atoms with Gasteiger partial charge in [0.1, 0.15) is 5.75 Å². The molecule has 2 rings (SSSR count). The summed E-state index contributed by atoms with van der Waals surface area (Å²) < 4.78 is 32.4. The van der Waals surface area contributed by atoms with E-state index in [1.54, 1.807) is 29.6 Å². The smallest absolute Gasteiger partial charge is 0.243 e. The number of benzene rings is 1. The molecule has 1 heterocycles. The minimum Gasteiger partial charge on any atom is -0.496 e. The Morgan fingerprint density at radius 3 is 2.35 bits per heavy atom. The Kier molecular flexibility index (Phi) is 6.06. The Balaban J connectivity index is 2.03. The lowest BCUT2D eigenvalue weighted by Crippen LogP contribution is -2.48. The minimum atomic E-state index is -3.41. The molecule has 6 heteroatoms. The zero-order valence-electron chi connectivity index (χ0n) is 14.6. The van der Waals surface area contributed by atoms with Crippen LogP contribution in [0.15, 0.2) is 23.1 Å². The molecule has 0 bridgehead atoms. The van der Waals surface area contributed by atoms with Gasteiger partial charge in [-0.25, -0.2) is 8.42 Å². The Bertz CT molecular complexity index is 621. The summed E-state index contributed by atoms with van der Waals surface area (Å²) >= 11 is 0. The van der Waals surface area contributed by atoms with Crippen LogP contribution < -0.4 is 4.74 Å². The molecular weight excluding hydrogens is 312 g/mol. The molecule has 1 fully saturated rings. The van der Waals surface area contributed by atoms with E-state index in [1.165, 1.54) is 0 Å². The fourth-order valence-corrected chi connectivity index (χ4v) is 4.30. The predicted molar refractivity (Wildman–Crippen MR) is 92.4 cm³/mol. The van der Waals surface area contributed by atoms with Crippen molar-refractivity contribution in [2.45, 2.75) is 32.1 Å². The Labute approximate surface area is 140 Å². The van der Waals surface area contributed by atoms with Crippen LogP contribution in [-0.2, 0) is 10.0 Å². The monoisotopic (exact) mass is 340 g/mol. The molecule has 130 valence electrons. The molecule has 1 aliphatic rings. The van der Waals surface area contributed by atoms with Crippen LogP contribution in [-0.4, -0.2) is 57.5 Å². The Hall–Kier alpha value is -1.11. The van der Waals surface area contributed by atoms with Crippen molar-refractivity contribution in [1.29, 1.82) is 0 Å². The van der Waals surface area contributed by atoms with Gasteiger partial charge in [0, 0.05) is 26.2 Å². The maximum absolute atomic E-state index is 12.8. The standard InChI is InChI=1S/C17H28N2O3S/c1-14(2)7-8-18-9-11-19(12-10-18)23(20,21)16-5-6-17(22-4)15(3)13-16/h5-6,13-14H,7-12H2,1-4H3. The van der Waals surface area contributed by atoms with Gasteiger partial charge in [-0.15, -0.1) is 0 Å². The van der Waals surface area contributed by atoms with E-state index >= 15 is 0 Å². The van der Waals surface area contributed by atoms with Crippen molar-refractivity contribution in [3.05, 3.63) is 23.8 Å². The molecule has 23 heavy (non-hydrogen) atoms. The van der Waals surface area contributed by atoms with Crippen molar-refractivity contribution in [1.82, 2.24) is 9.21 Å². The van der Waals surface area contributed by atoms with Crippen LogP contribution in [0.5, 0.6) is 5.75 Å². The van der Waals surface area contributed by atoms with Crippen molar-refractivity contribution < 1.29 is 13.2 Å². The van der Waals surface area contributed by atoms with Gasteiger partial charge < -0.3 is 9.64 Å². The van der Waals surface area contributed by atoms with Gasteiger partial charge in [0.25, 0.3) is 0 Å². The average Bonchev–Trinajstić information content (AvgIpc) is 2.53. The molecule has 0 N–H and O–H groups in total. The lowest BCUT2D eigenvalue weighted by Gasteiger charge is -2.34. The molecule has 1 aliphatic heterocycles. The highest BCUT2D eigenvalue weighted by Gasteiger charge is 2.28. The van der Waals surface area contributed by atoms with E-state index in [2.05, 4.69) is 18.7 Å². The first kappa shape index (κ1) is 18.2. The molecule has 0 amide bonds. The average molecular weight is 340 g/mol. The summed E-state index contributed by atoms with van der Waals surface area (Å²) in [7, 11) is -1.82. The third-order valence-electron chi connectivity index (χ3n) is 4.36. The van der Waals surface area contributed by atoms with Gasteiger partial charge in [0.15, 0.2) is 0 Å². The summed E-state index contributed by atoms with van der Waals surface area (Å²) in [6.07, 6.45) is 1.16. The van der Waals surface area contributed by atoms with Crippen LogP contribution in [0.25, 0.3) is 0 Å². The number of nitrogens with zero attached hydrogens (tertiary/aromatic N) is 2. The highest BCUT2D eigenvalue weighted by Crippen LogP contribution is 2.24. The number of piperazine rings is 1. The summed E-state index contributed by atoms with van der Waals surface area (Å²) in [4.78, 5) is 2.71. The Morgan fingerprint density at radius 2 is 1.83 bits per heavy atom. The van der Waals surface area contributed by atoms with E-state index in [0.717, 1.165) is 31.6 Å². The number of sulfonamides is 1. The summed E-state index contributed by atoms with van der Waals surface area (Å²) in [5, 5.41) is 0. The number of ether oxygens (including phenoxy) is 1. The zero-order chi connectivity index (χ0) is 17.0. The predicted octanol–water partition coefficient (Wildman–Crippen LogP) is 2.36. The largest absolute Gasteiger partial charge is 0.496 e. The van der Waals surface area contributed by atoms with E-state index in [4.69, 9.17) is 4.74 Å². The van der Waals surface area contributed by atoms with Crippen molar-refractivity contribution in [3.8, 4) is 5.75 Å². The minimum absolute atomic E-state index is 0.353. The number of rotatable bonds is 6. The fraction of sp³-hybridized carbons (Fsp3) is 0.647. The summed E-state index contributed by atoms with van der Waals surface area (Å²) in [6, 6.07) is 5.05. The molecule has 5 nitrogen and oxygen atoms in total. The van der Waals surface area contributed by atoms with Gasteiger partial charge in [-0.3, -0.25) is 0 Å². The molecule has 0 aliphatic carbocycles. The first-order valence-electron chi connectivity index (χ1n) is 8.21. The van der Waals surface area contributed by atoms with Gasteiger partial charge in [0.2, 0.25) is 10.0 Å². The van der Waals surface area contributed by atoms with E-state index in [0.29, 0.717) is 29.7 Å². The molecule has 0 unspecified atom stereocenters. The first-order chi connectivity index (χ1) is 10.8. The van der Waals surface area contributed by atoms with E-state index in [9.17, 15) is 8.42 Å². The number of methoxy groups -OCH3 is 1. The third kappa shape index (κ3) is 4.46.